The molecule has 0 bridgehead atoms. The van der Waals surface area contributed by atoms with E-state index in [-0.39, 0.29) is 6.10 Å². The SMILES string of the molecule is CC(C)Oc1ccc(C(N)=O)cc1Nc1nc2c(ccc3[nH]c(N)nc32)s1. The van der Waals surface area contributed by atoms with Crippen LogP contribution in [0.4, 0.5) is 16.8 Å². The van der Waals surface area contributed by atoms with Crippen LogP contribution in [0.1, 0.15) is 24.2 Å². The van der Waals surface area contributed by atoms with E-state index >= 15 is 0 Å². The van der Waals surface area contributed by atoms with E-state index in [2.05, 4.69) is 20.3 Å². The summed E-state index contributed by atoms with van der Waals surface area (Å²) in [5.74, 6) is 0.456. The summed E-state index contributed by atoms with van der Waals surface area (Å²) in [5, 5.41) is 3.89. The summed E-state index contributed by atoms with van der Waals surface area (Å²) in [7, 11) is 0. The number of aromatic amines is 1. The third kappa shape index (κ3) is 3.24. The van der Waals surface area contributed by atoms with Crippen molar-refractivity contribution in [1.82, 2.24) is 15.0 Å². The van der Waals surface area contributed by atoms with Crippen LogP contribution >= 0.6 is 11.3 Å². The van der Waals surface area contributed by atoms with Crippen molar-refractivity contribution in [3.63, 3.8) is 0 Å². The Labute approximate surface area is 158 Å². The molecule has 0 aliphatic carbocycles. The molecule has 2 heterocycles. The minimum Gasteiger partial charge on any atom is -0.489 e. The van der Waals surface area contributed by atoms with Crippen LogP contribution in [-0.4, -0.2) is 27.0 Å². The molecule has 0 aliphatic rings. The Bertz CT molecular complexity index is 1160. The van der Waals surface area contributed by atoms with Gasteiger partial charge in [-0.3, -0.25) is 4.79 Å². The number of aromatic nitrogens is 3. The molecule has 0 aliphatic heterocycles. The molecule has 4 rings (SSSR count). The van der Waals surface area contributed by atoms with E-state index in [1.807, 2.05) is 26.0 Å². The number of nitrogens with two attached hydrogens (primary N) is 2. The maximum atomic E-state index is 11.5. The topological polar surface area (TPSA) is 132 Å². The number of imidazole rings is 1. The Morgan fingerprint density at radius 1 is 1.22 bits per heavy atom. The van der Waals surface area contributed by atoms with Crippen LogP contribution in [0.25, 0.3) is 21.3 Å². The average molecular weight is 382 g/mol. The number of anilines is 3. The average Bonchev–Trinajstić information content (AvgIpc) is 3.17. The van der Waals surface area contributed by atoms with Gasteiger partial charge in [-0.05, 0) is 44.2 Å². The van der Waals surface area contributed by atoms with Crippen molar-refractivity contribution in [2.75, 3.05) is 11.1 Å². The number of carbonyl (C=O) groups is 1. The van der Waals surface area contributed by atoms with Crippen LogP contribution < -0.4 is 21.5 Å². The molecule has 0 fully saturated rings. The summed E-state index contributed by atoms with van der Waals surface area (Å²) >= 11 is 1.47. The molecule has 2 aromatic carbocycles. The van der Waals surface area contributed by atoms with E-state index in [0.29, 0.717) is 28.1 Å². The zero-order chi connectivity index (χ0) is 19.1. The maximum absolute atomic E-state index is 11.5. The van der Waals surface area contributed by atoms with E-state index < -0.39 is 5.91 Å². The van der Waals surface area contributed by atoms with Crippen molar-refractivity contribution >= 4 is 55.3 Å². The summed E-state index contributed by atoms with van der Waals surface area (Å²) < 4.78 is 6.79. The van der Waals surface area contributed by atoms with Crippen LogP contribution in [0.3, 0.4) is 0 Å². The van der Waals surface area contributed by atoms with Crippen LogP contribution in [0.2, 0.25) is 0 Å². The van der Waals surface area contributed by atoms with Gasteiger partial charge >= 0.3 is 0 Å². The normalized spacial score (nSPS) is 11.4. The van der Waals surface area contributed by atoms with Gasteiger partial charge in [0.15, 0.2) is 11.1 Å². The van der Waals surface area contributed by atoms with Gasteiger partial charge < -0.3 is 26.5 Å². The summed E-state index contributed by atoms with van der Waals surface area (Å²) in [6.45, 7) is 3.87. The van der Waals surface area contributed by atoms with Crippen molar-refractivity contribution in [2.45, 2.75) is 20.0 Å². The number of rotatable bonds is 5. The number of H-pyrrole nitrogens is 1. The first-order chi connectivity index (χ1) is 12.9. The number of amides is 1. The van der Waals surface area contributed by atoms with Crippen LogP contribution in [0.15, 0.2) is 30.3 Å². The Balaban J connectivity index is 1.77. The Kier molecular flexibility index (Phi) is 4.08. The molecule has 8 nitrogen and oxygen atoms in total. The first-order valence-electron chi connectivity index (χ1n) is 8.33. The van der Waals surface area contributed by atoms with E-state index in [1.54, 1.807) is 18.2 Å². The molecular weight excluding hydrogens is 364 g/mol. The first kappa shape index (κ1) is 17.1. The fraction of sp³-hybridized carbons (Fsp3) is 0.167. The Hall–Kier alpha value is -3.33. The molecule has 138 valence electrons. The zero-order valence-electron chi connectivity index (χ0n) is 14.7. The highest BCUT2D eigenvalue weighted by molar-refractivity contribution is 7.22. The minimum absolute atomic E-state index is 0.0213. The van der Waals surface area contributed by atoms with Crippen LogP contribution in [0.5, 0.6) is 5.75 Å². The molecule has 1 amide bonds. The van der Waals surface area contributed by atoms with Gasteiger partial charge in [0.1, 0.15) is 16.8 Å². The van der Waals surface area contributed by atoms with Gasteiger partial charge in [-0.1, -0.05) is 11.3 Å². The lowest BCUT2D eigenvalue weighted by molar-refractivity contribution is 0.100. The number of thiazole rings is 1. The number of hydrogen-bond acceptors (Lipinski definition) is 7. The largest absolute Gasteiger partial charge is 0.489 e. The third-order valence-corrected chi connectivity index (χ3v) is 4.83. The highest BCUT2D eigenvalue weighted by Gasteiger charge is 2.14. The highest BCUT2D eigenvalue weighted by atomic mass is 32.1. The Morgan fingerprint density at radius 3 is 2.78 bits per heavy atom. The molecule has 4 aromatic rings. The maximum Gasteiger partial charge on any atom is 0.248 e. The van der Waals surface area contributed by atoms with Gasteiger partial charge in [0.25, 0.3) is 0 Å². The second-order valence-electron chi connectivity index (χ2n) is 6.32. The van der Waals surface area contributed by atoms with Gasteiger partial charge in [-0.2, -0.15) is 0 Å². The fourth-order valence-corrected chi connectivity index (χ4v) is 3.67. The number of nitrogens with zero attached hydrogens (tertiary/aromatic N) is 2. The van der Waals surface area contributed by atoms with Crippen molar-refractivity contribution in [1.29, 1.82) is 0 Å². The van der Waals surface area contributed by atoms with Crippen LogP contribution in [0, 0.1) is 0 Å². The van der Waals surface area contributed by atoms with E-state index in [9.17, 15) is 4.79 Å². The molecule has 0 spiro atoms. The molecule has 27 heavy (non-hydrogen) atoms. The molecule has 0 saturated carbocycles. The molecule has 2 aromatic heterocycles. The molecule has 0 atom stereocenters. The smallest absolute Gasteiger partial charge is 0.248 e. The Morgan fingerprint density at radius 2 is 2.04 bits per heavy atom. The highest BCUT2D eigenvalue weighted by Crippen LogP contribution is 2.35. The standard InChI is InChI=1S/C18H18N6O2S/c1-8(2)26-12-5-3-9(16(19)25)7-11(12)22-18-24-15-13(27-18)6-4-10-14(15)23-17(20)21-10/h3-8H,1-2H3,(H2,19,25)(H,22,24)(H3,20,21,23). The van der Waals surface area contributed by atoms with E-state index in [1.165, 1.54) is 11.3 Å². The molecular formula is C18H18N6O2S. The molecule has 6 N–H and O–H groups in total. The fourth-order valence-electron chi connectivity index (χ4n) is 2.79. The summed E-state index contributed by atoms with van der Waals surface area (Å²) in [6, 6.07) is 8.91. The lowest BCUT2D eigenvalue weighted by atomic mass is 10.1. The van der Waals surface area contributed by atoms with Gasteiger partial charge in [0.05, 0.1) is 22.0 Å². The third-order valence-electron chi connectivity index (χ3n) is 3.90. The van der Waals surface area contributed by atoms with Crippen molar-refractivity contribution in [3.05, 3.63) is 35.9 Å². The number of nitrogen functional groups attached to an aromatic ring is 1. The minimum atomic E-state index is -0.507. The molecule has 0 radical (unpaired) electrons. The number of ether oxygens (including phenoxy) is 1. The quantitative estimate of drug-likeness (QED) is 0.418. The summed E-state index contributed by atoms with van der Waals surface area (Å²) in [6.07, 6.45) is -0.0213. The number of primary amides is 1. The number of nitrogens with one attached hydrogen (secondary N) is 2. The predicted octanol–water partition coefficient (Wildman–Crippen LogP) is 3.38. The van der Waals surface area contributed by atoms with Gasteiger partial charge in [-0.15, -0.1) is 0 Å². The second-order valence-corrected chi connectivity index (χ2v) is 7.35. The molecule has 9 heteroatoms. The van der Waals surface area contributed by atoms with Crippen molar-refractivity contribution in [3.8, 4) is 5.75 Å². The second kappa shape index (κ2) is 6.44. The van der Waals surface area contributed by atoms with Crippen molar-refractivity contribution in [2.24, 2.45) is 5.73 Å². The number of benzene rings is 2. The number of fused-ring (bicyclic) bond motifs is 3. The predicted molar refractivity (Wildman–Crippen MR) is 108 cm³/mol. The zero-order valence-corrected chi connectivity index (χ0v) is 15.6. The lowest BCUT2D eigenvalue weighted by Gasteiger charge is -2.15. The van der Waals surface area contributed by atoms with E-state index in [4.69, 9.17) is 16.2 Å². The van der Waals surface area contributed by atoms with Gasteiger partial charge in [-0.25, -0.2) is 9.97 Å². The van der Waals surface area contributed by atoms with Gasteiger partial charge in [0, 0.05) is 5.56 Å². The van der Waals surface area contributed by atoms with E-state index in [0.717, 1.165) is 21.3 Å². The van der Waals surface area contributed by atoms with Crippen LogP contribution in [-0.2, 0) is 0 Å². The van der Waals surface area contributed by atoms with Crippen molar-refractivity contribution < 1.29 is 9.53 Å². The number of carbonyl (C=O) groups excluding carboxylic acids is 1. The molecule has 0 unspecified atom stereocenters. The summed E-state index contributed by atoms with van der Waals surface area (Å²) in [5.41, 5.74) is 14.5. The number of hydrogen-bond donors (Lipinski definition) is 4. The van der Waals surface area contributed by atoms with Gasteiger partial charge in [0.2, 0.25) is 5.91 Å². The summed E-state index contributed by atoms with van der Waals surface area (Å²) in [4.78, 5) is 23.5. The lowest BCUT2D eigenvalue weighted by Crippen LogP contribution is -2.12. The molecule has 0 saturated heterocycles. The monoisotopic (exact) mass is 382 g/mol. The first-order valence-corrected chi connectivity index (χ1v) is 9.14.